The molecule has 0 aliphatic carbocycles. The van der Waals surface area contributed by atoms with E-state index >= 15 is 0 Å². The Morgan fingerprint density at radius 1 is 1.02 bits per heavy atom. The molecule has 5 aromatic rings. The molecule has 0 bridgehead atoms. The smallest absolute Gasteiger partial charge is 0.335 e. The number of carbonyl (C=O) groups is 2. The van der Waals surface area contributed by atoms with Crippen molar-refractivity contribution in [3.05, 3.63) is 103 Å². The van der Waals surface area contributed by atoms with Gasteiger partial charge in [-0.1, -0.05) is 41.4 Å². The highest BCUT2D eigenvalue weighted by Gasteiger charge is 2.36. The molecule has 8 nitrogen and oxygen atoms in total. The molecular formula is C37H38Cl2N4O4. The lowest BCUT2D eigenvalue weighted by atomic mass is 9.98. The van der Waals surface area contributed by atoms with Crippen LogP contribution in [0.15, 0.2) is 48.5 Å². The van der Waals surface area contributed by atoms with Crippen molar-refractivity contribution in [3.63, 3.8) is 0 Å². The molecule has 3 heterocycles. The van der Waals surface area contributed by atoms with Crippen LogP contribution in [-0.2, 0) is 20.0 Å². The maximum atomic E-state index is 14.5. The molecule has 3 aromatic carbocycles. The Bertz CT molecular complexity index is 2020. The Morgan fingerprint density at radius 2 is 1.70 bits per heavy atom. The van der Waals surface area contributed by atoms with Crippen LogP contribution in [0.1, 0.15) is 73.9 Å². The molecule has 6 rings (SSSR count). The molecule has 1 aliphatic heterocycles. The minimum absolute atomic E-state index is 0.0528. The molecule has 0 radical (unpaired) electrons. The molecule has 0 fully saturated rings. The van der Waals surface area contributed by atoms with E-state index in [1.165, 1.54) is 0 Å². The third-order valence-corrected chi connectivity index (χ3v) is 10.1. The number of hydrogen-bond acceptors (Lipinski definition) is 4. The van der Waals surface area contributed by atoms with Crippen LogP contribution in [0.25, 0.3) is 22.0 Å². The van der Waals surface area contributed by atoms with E-state index in [0.717, 1.165) is 66.4 Å². The number of aryl methyl sites for hydroxylation is 5. The van der Waals surface area contributed by atoms with Gasteiger partial charge in [0.1, 0.15) is 11.4 Å². The van der Waals surface area contributed by atoms with Crippen molar-refractivity contribution in [2.75, 3.05) is 13.2 Å². The Kier molecular flexibility index (Phi) is 8.85. The highest BCUT2D eigenvalue weighted by atomic mass is 35.5. The second-order valence-corrected chi connectivity index (χ2v) is 13.3. The number of aromatic carboxylic acids is 1. The first-order chi connectivity index (χ1) is 22.4. The lowest BCUT2D eigenvalue weighted by Crippen LogP contribution is -2.42. The van der Waals surface area contributed by atoms with Gasteiger partial charge in [-0.2, -0.15) is 5.10 Å². The number of rotatable bonds is 9. The van der Waals surface area contributed by atoms with Crippen LogP contribution in [-0.4, -0.2) is 49.4 Å². The number of amides is 1. The summed E-state index contributed by atoms with van der Waals surface area (Å²) in [4.78, 5) is 27.7. The van der Waals surface area contributed by atoms with Crippen LogP contribution < -0.4 is 4.74 Å². The summed E-state index contributed by atoms with van der Waals surface area (Å²) in [6, 6.07) is 14.5. The minimum atomic E-state index is -0.979. The number of aromatic nitrogens is 3. The van der Waals surface area contributed by atoms with Crippen molar-refractivity contribution in [1.29, 1.82) is 0 Å². The highest BCUT2D eigenvalue weighted by molar-refractivity contribution is 6.35. The van der Waals surface area contributed by atoms with Crippen LogP contribution in [0.5, 0.6) is 5.75 Å². The number of carbonyl (C=O) groups excluding carboxylic acids is 1. The van der Waals surface area contributed by atoms with E-state index in [4.69, 9.17) is 27.9 Å². The first-order valence-corrected chi connectivity index (χ1v) is 16.5. The average Bonchev–Trinajstić information content (AvgIpc) is 3.49. The van der Waals surface area contributed by atoms with Gasteiger partial charge in [-0.05, 0) is 100 Å². The maximum absolute atomic E-state index is 14.5. The maximum Gasteiger partial charge on any atom is 0.335 e. The third-order valence-electron chi connectivity index (χ3n) is 9.22. The second kappa shape index (κ2) is 12.7. The van der Waals surface area contributed by atoms with Crippen LogP contribution in [0.3, 0.4) is 0 Å². The van der Waals surface area contributed by atoms with E-state index in [9.17, 15) is 14.7 Å². The Hall–Kier alpha value is -4.27. The van der Waals surface area contributed by atoms with Crippen molar-refractivity contribution in [1.82, 2.24) is 19.2 Å². The lowest BCUT2D eigenvalue weighted by Gasteiger charge is -2.34. The molecule has 0 spiro atoms. The normalized spacial score (nSPS) is 14.6. The molecule has 1 atom stereocenters. The average molecular weight is 674 g/mol. The Morgan fingerprint density at radius 3 is 2.32 bits per heavy atom. The first-order valence-electron chi connectivity index (χ1n) is 15.7. The molecular weight excluding hydrogens is 635 g/mol. The van der Waals surface area contributed by atoms with Gasteiger partial charge in [0.15, 0.2) is 0 Å². The first kappa shape index (κ1) is 32.7. The predicted octanol–water partition coefficient (Wildman–Crippen LogP) is 8.51. The quantitative estimate of drug-likeness (QED) is 0.159. The van der Waals surface area contributed by atoms with Gasteiger partial charge in [0.2, 0.25) is 0 Å². The van der Waals surface area contributed by atoms with Crippen molar-refractivity contribution in [3.8, 4) is 16.9 Å². The van der Waals surface area contributed by atoms with E-state index in [1.54, 1.807) is 24.3 Å². The molecule has 0 saturated carbocycles. The summed E-state index contributed by atoms with van der Waals surface area (Å²) in [5.41, 5.74) is 9.32. The van der Waals surface area contributed by atoms with Gasteiger partial charge >= 0.3 is 5.97 Å². The summed E-state index contributed by atoms with van der Waals surface area (Å²) in [5.74, 6) is -0.273. The monoisotopic (exact) mass is 672 g/mol. The van der Waals surface area contributed by atoms with Crippen molar-refractivity contribution < 1.29 is 19.4 Å². The molecule has 10 heteroatoms. The van der Waals surface area contributed by atoms with Gasteiger partial charge in [-0.25, -0.2) is 4.79 Å². The minimum Gasteiger partial charge on any atom is -0.494 e. The summed E-state index contributed by atoms with van der Waals surface area (Å²) in [6.07, 6.45) is 1.31. The number of hydrogen-bond donors (Lipinski definition) is 1. The number of carboxylic acids is 1. The summed E-state index contributed by atoms with van der Waals surface area (Å²) >= 11 is 13.4. The van der Waals surface area contributed by atoms with Crippen molar-refractivity contribution in [2.45, 2.75) is 60.0 Å². The highest BCUT2D eigenvalue weighted by Crippen LogP contribution is 2.44. The summed E-state index contributed by atoms with van der Waals surface area (Å²) in [6.45, 7) is 11.4. The number of ether oxygens (including phenoxy) is 1. The molecule has 1 amide bonds. The van der Waals surface area contributed by atoms with E-state index in [-0.39, 0.29) is 17.5 Å². The largest absolute Gasteiger partial charge is 0.494 e. The summed E-state index contributed by atoms with van der Waals surface area (Å²) < 4.78 is 10.2. The van der Waals surface area contributed by atoms with E-state index in [0.29, 0.717) is 43.3 Å². The van der Waals surface area contributed by atoms with Gasteiger partial charge in [0, 0.05) is 53.4 Å². The lowest BCUT2D eigenvalue weighted by molar-refractivity contribution is 0.0660. The van der Waals surface area contributed by atoms with Gasteiger partial charge in [0.05, 0.1) is 28.4 Å². The zero-order valence-electron chi connectivity index (χ0n) is 27.4. The fourth-order valence-electron chi connectivity index (χ4n) is 6.92. The van der Waals surface area contributed by atoms with E-state index in [2.05, 4.69) is 16.6 Å². The van der Waals surface area contributed by atoms with Gasteiger partial charge in [-0.3, -0.25) is 9.48 Å². The van der Waals surface area contributed by atoms with Gasteiger partial charge in [-0.15, -0.1) is 0 Å². The number of benzene rings is 3. The van der Waals surface area contributed by atoms with E-state index < -0.39 is 5.97 Å². The van der Waals surface area contributed by atoms with Crippen LogP contribution >= 0.6 is 23.2 Å². The predicted molar refractivity (Wildman–Crippen MR) is 186 cm³/mol. The molecule has 1 aliphatic rings. The van der Waals surface area contributed by atoms with Gasteiger partial charge < -0.3 is 19.3 Å². The number of nitrogens with zero attached hydrogens (tertiary/aromatic N) is 4. The summed E-state index contributed by atoms with van der Waals surface area (Å²) in [7, 11) is 1.93. The fraction of sp³-hybridized carbons (Fsp3) is 0.324. The third kappa shape index (κ3) is 5.89. The molecule has 0 saturated heterocycles. The number of halogens is 2. The molecule has 47 heavy (non-hydrogen) atoms. The van der Waals surface area contributed by atoms with Crippen LogP contribution in [0.4, 0.5) is 0 Å². The zero-order chi connectivity index (χ0) is 33.7. The second-order valence-electron chi connectivity index (χ2n) is 12.5. The van der Waals surface area contributed by atoms with Gasteiger partial charge in [0.25, 0.3) is 5.91 Å². The van der Waals surface area contributed by atoms with Crippen molar-refractivity contribution >= 4 is 46.0 Å². The zero-order valence-corrected chi connectivity index (χ0v) is 29.0. The SMILES string of the molecule is Cc1cc(OCCCc2c3n(c4c(-c5c(C)nn(C)c5C)c(Cl)ccc24)[C@@H](C)CN(Cc2ccc(C(=O)O)cc2)C3=O)cc(C)c1Cl. The number of fused-ring (bicyclic) bond motifs is 3. The molecule has 244 valence electrons. The Balaban J connectivity index is 1.42. The molecule has 1 N–H and O–H groups in total. The van der Waals surface area contributed by atoms with E-state index in [1.807, 2.05) is 68.6 Å². The molecule has 0 unspecified atom stereocenters. The van der Waals surface area contributed by atoms with Crippen molar-refractivity contribution in [2.24, 2.45) is 7.05 Å². The van der Waals surface area contributed by atoms with Crippen LogP contribution in [0.2, 0.25) is 10.0 Å². The fourth-order valence-corrected chi connectivity index (χ4v) is 7.27. The topological polar surface area (TPSA) is 89.6 Å². The standard InChI is InChI=1S/C37H38Cl2N4O4/c1-20-16-27(17-21(2)33(20)39)47-15-7-8-28-29-13-14-30(38)32(31-23(4)40-41(6)24(31)5)34(29)43-22(3)18-42(36(44)35(28)43)19-25-9-11-26(12-10-25)37(45)46/h9-14,16-17,22H,7-8,15,18-19H2,1-6H3,(H,45,46)/t22-/m0/s1. The van der Waals surface area contributed by atoms with Crippen LogP contribution in [0, 0.1) is 27.7 Å². The summed E-state index contributed by atoms with van der Waals surface area (Å²) in [5, 5.41) is 16.4. The molecule has 2 aromatic heterocycles. The number of carboxylic acid groups (broad SMARTS) is 1. The Labute approximate surface area is 284 Å².